The van der Waals surface area contributed by atoms with Crippen molar-refractivity contribution in [2.24, 2.45) is 0 Å². The first kappa shape index (κ1) is 49.1. The van der Waals surface area contributed by atoms with Crippen LogP contribution in [0, 0.1) is 0 Å². The number of unbranched alkanes of at least 4 members (excludes halogenated alkanes) is 9. The molecule has 0 bridgehead atoms. The summed E-state index contributed by atoms with van der Waals surface area (Å²) in [6, 6.07) is -0.919. The van der Waals surface area contributed by atoms with Gasteiger partial charge >= 0.3 is 0 Å². The fourth-order valence-corrected chi connectivity index (χ4v) is 6.36. The number of hydrogen-bond acceptors (Lipinski definition) is 13. The van der Waals surface area contributed by atoms with Crippen LogP contribution in [0.25, 0.3) is 0 Å². The van der Waals surface area contributed by atoms with E-state index in [0.717, 1.165) is 83.5 Å². The molecule has 2 aliphatic rings. The van der Waals surface area contributed by atoms with E-state index in [-0.39, 0.29) is 18.9 Å². The number of allylic oxidation sites excluding steroid dienone is 7. The van der Waals surface area contributed by atoms with E-state index in [9.17, 15) is 45.6 Å². The second kappa shape index (κ2) is 29.2. The Kier molecular flexibility index (Phi) is 26.1. The van der Waals surface area contributed by atoms with E-state index in [1.54, 1.807) is 6.08 Å². The summed E-state index contributed by atoms with van der Waals surface area (Å²) in [5.74, 6) is -0.267. The third-order valence-corrected chi connectivity index (χ3v) is 9.77. The van der Waals surface area contributed by atoms with E-state index in [1.807, 2.05) is 6.08 Å². The lowest BCUT2D eigenvalue weighted by Crippen LogP contribution is -2.65. The maximum Gasteiger partial charge on any atom is 0.220 e. The first-order valence-corrected chi connectivity index (χ1v) is 20.4. The van der Waals surface area contributed by atoms with Gasteiger partial charge in [-0.1, -0.05) is 101 Å². The number of ether oxygens (including phenoxy) is 4. The molecule has 0 spiro atoms. The van der Waals surface area contributed by atoms with Crippen LogP contribution in [-0.2, 0) is 23.7 Å². The summed E-state index contributed by atoms with van der Waals surface area (Å²) in [5, 5.41) is 85.9. The van der Waals surface area contributed by atoms with Gasteiger partial charge in [0.1, 0.15) is 48.8 Å². The predicted octanol–water partition coefficient (Wildman–Crippen LogP) is 2.59. The van der Waals surface area contributed by atoms with Gasteiger partial charge in [0.2, 0.25) is 5.91 Å². The van der Waals surface area contributed by atoms with Gasteiger partial charge in [0.15, 0.2) is 12.6 Å². The second-order valence-electron chi connectivity index (χ2n) is 14.4. The maximum atomic E-state index is 13.0. The Morgan fingerprint density at radius 2 is 1.25 bits per heavy atom. The van der Waals surface area contributed by atoms with E-state index < -0.39 is 86.8 Å². The van der Waals surface area contributed by atoms with Gasteiger partial charge in [0.05, 0.1) is 32.0 Å². The highest BCUT2D eigenvalue weighted by atomic mass is 16.7. The van der Waals surface area contributed by atoms with Crippen molar-refractivity contribution in [1.29, 1.82) is 0 Å². The molecular formula is C41H71NO13. The maximum absolute atomic E-state index is 13.0. The molecule has 9 N–H and O–H groups in total. The quantitative estimate of drug-likeness (QED) is 0.0411. The summed E-state index contributed by atoms with van der Waals surface area (Å²) >= 11 is 0. The Hall–Kier alpha value is -2.05. The summed E-state index contributed by atoms with van der Waals surface area (Å²) in [4.78, 5) is 13.0. The molecule has 318 valence electrons. The van der Waals surface area contributed by atoms with Gasteiger partial charge < -0.3 is 65.1 Å². The van der Waals surface area contributed by atoms with E-state index in [4.69, 9.17) is 18.9 Å². The average Bonchev–Trinajstić information content (AvgIpc) is 3.18. The number of amides is 1. The van der Waals surface area contributed by atoms with Crippen LogP contribution in [0.3, 0.4) is 0 Å². The van der Waals surface area contributed by atoms with Gasteiger partial charge in [-0.05, 0) is 51.4 Å². The Morgan fingerprint density at radius 1 is 0.673 bits per heavy atom. The number of nitrogens with one attached hydrogen (secondary N) is 1. The zero-order valence-electron chi connectivity index (χ0n) is 32.9. The molecule has 14 heteroatoms. The lowest BCUT2D eigenvalue weighted by atomic mass is 9.97. The summed E-state index contributed by atoms with van der Waals surface area (Å²) in [5.41, 5.74) is 0. The van der Waals surface area contributed by atoms with Crippen LogP contribution in [-0.4, -0.2) is 140 Å². The highest BCUT2D eigenvalue weighted by Gasteiger charge is 2.50. The molecule has 12 atom stereocenters. The van der Waals surface area contributed by atoms with Gasteiger partial charge in [0.25, 0.3) is 0 Å². The Balaban J connectivity index is 1.89. The molecule has 0 aromatic rings. The average molecular weight is 786 g/mol. The molecule has 12 unspecified atom stereocenters. The third kappa shape index (κ3) is 18.4. The molecule has 2 heterocycles. The lowest BCUT2D eigenvalue weighted by Gasteiger charge is -2.46. The molecule has 2 fully saturated rings. The van der Waals surface area contributed by atoms with Crippen molar-refractivity contribution in [3.8, 4) is 0 Å². The van der Waals surface area contributed by atoms with Crippen molar-refractivity contribution in [2.45, 2.75) is 184 Å². The molecular weight excluding hydrogens is 714 g/mol. The molecule has 2 aliphatic heterocycles. The largest absolute Gasteiger partial charge is 0.394 e. The second-order valence-corrected chi connectivity index (χ2v) is 14.4. The summed E-state index contributed by atoms with van der Waals surface area (Å²) in [6.45, 7) is 2.52. The molecule has 1 amide bonds. The van der Waals surface area contributed by atoms with Crippen LogP contribution in [0.1, 0.15) is 110 Å². The summed E-state index contributed by atoms with van der Waals surface area (Å²) in [7, 11) is 0. The predicted molar refractivity (Wildman–Crippen MR) is 207 cm³/mol. The number of carbonyl (C=O) groups is 1. The van der Waals surface area contributed by atoms with Crippen LogP contribution < -0.4 is 5.32 Å². The van der Waals surface area contributed by atoms with Gasteiger partial charge in [-0.15, -0.1) is 0 Å². The molecule has 0 aromatic heterocycles. The van der Waals surface area contributed by atoms with Crippen LogP contribution >= 0.6 is 0 Å². The Labute approximate surface area is 327 Å². The van der Waals surface area contributed by atoms with Crippen LogP contribution in [0.5, 0.6) is 0 Å². The van der Waals surface area contributed by atoms with Gasteiger partial charge in [-0.3, -0.25) is 4.79 Å². The highest BCUT2D eigenvalue weighted by molar-refractivity contribution is 5.76. The van der Waals surface area contributed by atoms with Crippen LogP contribution in [0.2, 0.25) is 0 Å². The Bertz CT molecular complexity index is 1120. The van der Waals surface area contributed by atoms with Crippen molar-refractivity contribution in [1.82, 2.24) is 5.32 Å². The minimum atomic E-state index is -1.79. The van der Waals surface area contributed by atoms with Crippen LogP contribution in [0.4, 0.5) is 0 Å². The lowest BCUT2D eigenvalue weighted by molar-refractivity contribution is -0.359. The fourth-order valence-electron chi connectivity index (χ4n) is 6.36. The van der Waals surface area contributed by atoms with Crippen molar-refractivity contribution in [3.63, 3.8) is 0 Å². The third-order valence-electron chi connectivity index (χ3n) is 9.77. The molecule has 0 aromatic carbocycles. The smallest absolute Gasteiger partial charge is 0.220 e. The van der Waals surface area contributed by atoms with E-state index >= 15 is 0 Å². The number of hydrogen-bond donors (Lipinski definition) is 9. The van der Waals surface area contributed by atoms with Crippen molar-refractivity contribution in [2.75, 3.05) is 19.8 Å². The molecule has 0 saturated carbocycles. The summed E-state index contributed by atoms with van der Waals surface area (Å²) < 4.78 is 22.5. The number of aliphatic hydroxyl groups is 8. The molecule has 2 saturated heterocycles. The first-order chi connectivity index (χ1) is 26.6. The summed E-state index contributed by atoms with van der Waals surface area (Å²) in [6.07, 6.45) is 13.5. The van der Waals surface area contributed by atoms with Crippen LogP contribution in [0.15, 0.2) is 48.6 Å². The first-order valence-electron chi connectivity index (χ1n) is 20.4. The highest BCUT2D eigenvalue weighted by Crippen LogP contribution is 2.29. The fraction of sp³-hybridized carbons (Fsp3) is 0.780. The number of carbonyl (C=O) groups excluding carboxylic acids is 1. The van der Waals surface area contributed by atoms with Gasteiger partial charge in [-0.25, -0.2) is 0 Å². The number of rotatable bonds is 28. The topological polar surface area (TPSA) is 228 Å². The van der Waals surface area contributed by atoms with Crippen molar-refractivity contribution >= 4 is 5.91 Å². The molecule has 0 aliphatic carbocycles. The Morgan fingerprint density at radius 3 is 1.93 bits per heavy atom. The van der Waals surface area contributed by atoms with E-state index in [0.29, 0.717) is 6.42 Å². The molecule has 55 heavy (non-hydrogen) atoms. The van der Waals surface area contributed by atoms with Gasteiger partial charge in [-0.2, -0.15) is 0 Å². The zero-order chi connectivity index (χ0) is 40.4. The van der Waals surface area contributed by atoms with Gasteiger partial charge in [0, 0.05) is 6.42 Å². The standard InChI is InChI=1S/C41H71NO13/c1-3-5-7-9-11-12-13-14-15-16-17-18-19-21-23-25-33(46)42-29(30(45)24-22-20-10-8-6-4-2)28-52-40-38(51)36(49)39(32(27-44)54-40)55-41-37(50)35(48)34(47)31(26-43)53-41/h5,7,11-12,14-15,22,24,29-32,34-41,43-45,47-51H,3-4,6,8-10,13,16-21,23,25-28H2,1-2H3,(H,42,46)/b7-5-,12-11-,15-14-,24-22+. The minimum Gasteiger partial charge on any atom is -0.394 e. The van der Waals surface area contributed by atoms with E-state index in [1.165, 1.54) is 0 Å². The van der Waals surface area contributed by atoms with Crippen molar-refractivity contribution < 1.29 is 64.6 Å². The number of aliphatic hydroxyl groups excluding tert-OH is 8. The van der Waals surface area contributed by atoms with E-state index in [2.05, 4.69) is 55.6 Å². The molecule has 2 rings (SSSR count). The molecule has 0 radical (unpaired) electrons. The van der Waals surface area contributed by atoms with Crippen molar-refractivity contribution in [3.05, 3.63) is 48.6 Å². The normalized spacial score (nSPS) is 30.2. The SMILES string of the molecule is CC/C=C\C/C=C\C/C=C\CCCCCCCC(=O)NC(COC1OC(CO)C(OC2OC(CO)C(O)C(O)C2O)C(O)C1O)C(O)/C=C/CCCCCC. The molecule has 14 nitrogen and oxygen atoms in total. The minimum absolute atomic E-state index is 0.258. The zero-order valence-corrected chi connectivity index (χ0v) is 32.9. The monoisotopic (exact) mass is 785 g/mol.